The minimum Gasteiger partial charge on any atom is -0.352 e. The van der Waals surface area contributed by atoms with Gasteiger partial charge in [0.15, 0.2) is 0 Å². The Morgan fingerprint density at radius 3 is 2.05 bits per heavy atom. The van der Waals surface area contributed by atoms with Crippen LogP contribution in [0.25, 0.3) is 0 Å². The van der Waals surface area contributed by atoms with Crippen LogP contribution in [0, 0.1) is 20.8 Å². The zero-order valence-electron chi connectivity index (χ0n) is 25.8. The maximum absolute atomic E-state index is 14.0. The molecule has 0 heterocycles. The number of nitrogens with one attached hydrogen (secondary N) is 1. The first-order chi connectivity index (χ1) is 19.9. The molecule has 0 aliphatic rings. The van der Waals surface area contributed by atoms with Crippen LogP contribution in [0.4, 0.5) is 5.69 Å². The number of benzene rings is 3. The second-order valence-electron chi connectivity index (χ2n) is 11.3. The predicted octanol–water partition coefficient (Wildman–Crippen LogP) is 5.71. The fourth-order valence-corrected chi connectivity index (χ4v) is 5.93. The van der Waals surface area contributed by atoms with E-state index in [9.17, 15) is 18.0 Å². The minimum absolute atomic E-state index is 0.0341. The summed E-state index contributed by atoms with van der Waals surface area (Å²) in [6, 6.07) is 22.6. The largest absolute Gasteiger partial charge is 0.352 e. The van der Waals surface area contributed by atoms with Gasteiger partial charge in [0.05, 0.1) is 11.9 Å². The van der Waals surface area contributed by atoms with E-state index in [0.29, 0.717) is 18.5 Å². The molecule has 8 heteroatoms. The smallest absolute Gasteiger partial charge is 0.243 e. The SMILES string of the molecule is CC[C@H](C)NC(=O)[C@@H](Cc1ccccc1)N(Cc1ccc(C)cc1)C(=O)CCCN(c1cc(C)cc(C)c1)S(C)(=O)=O. The standard InChI is InChI=1S/C34H45N3O4S/c1-7-28(5)35-34(39)32(23-29-12-9-8-10-13-29)36(24-30-17-15-25(2)16-18-30)33(38)14-11-19-37(42(6,40)41)31-21-26(3)20-27(4)22-31/h8-10,12-13,15-18,20-22,28,32H,7,11,14,19,23-24H2,1-6H3,(H,35,39)/t28-,32+/m0/s1. The summed E-state index contributed by atoms with van der Waals surface area (Å²) >= 11 is 0. The third-order valence-electron chi connectivity index (χ3n) is 7.39. The number of sulfonamides is 1. The van der Waals surface area contributed by atoms with Crippen LogP contribution < -0.4 is 9.62 Å². The van der Waals surface area contributed by atoms with E-state index in [4.69, 9.17) is 0 Å². The van der Waals surface area contributed by atoms with Crippen molar-refractivity contribution >= 4 is 27.5 Å². The fraction of sp³-hybridized carbons (Fsp3) is 0.412. The molecule has 3 aromatic rings. The lowest BCUT2D eigenvalue weighted by atomic mass is 10.0. The second kappa shape index (κ2) is 15.0. The average molecular weight is 592 g/mol. The van der Waals surface area contributed by atoms with Crippen molar-refractivity contribution in [3.8, 4) is 0 Å². The lowest BCUT2D eigenvalue weighted by Gasteiger charge is -2.33. The van der Waals surface area contributed by atoms with Crippen molar-refractivity contribution in [1.29, 1.82) is 0 Å². The maximum Gasteiger partial charge on any atom is 0.243 e. The van der Waals surface area contributed by atoms with Crippen LogP contribution in [0.5, 0.6) is 0 Å². The summed E-state index contributed by atoms with van der Waals surface area (Å²) in [5, 5.41) is 3.09. The number of carbonyl (C=O) groups excluding carboxylic acids is 2. The maximum atomic E-state index is 14.0. The zero-order valence-corrected chi connectivity index (χ0v) is 26.6. The number of aryl methyl sites for hydroxylation is 3. The number of anilines is 1. The number of hydrogen-bond donors (Lipinski definition) is 1. The molecule has 0 radical (unpaired) electrons. The van der Waals surface area contributed by atoms with Gasteiger partial charge in [-0.25, -0.2) is 8.42 Å². The van der Waals surface area contributed by atoms with Crippen LogP contribution in [0.2, 0.25) is 0 Å². The van der Waals surface area contributed by atoms with Gasteiger partial charge in [-0.2, -0.15) is 0 Å². The molecule has 3 aromatic carbocycles. The lowest BCUT2D eigenvalue weighted by molar-refractivity contribution is -0.141. The van der Waals surface area contributed by atoms with Gasteiger partial charge in [-0.15, -0.1) is 0 Å². The van der Waals surface area contributed by atoms with Gasteiger partial charge in [-0.1, -0.05) is 73.2 Å². The summed E-state index contributed by atoms with van der Waals surface area (Å²) in [6.45, 7) is 10.3. The van der Waals surface area contributed by atoms with Crippen LogP contribution in [-0.4, -0.2) is 50.0 Å². The topological polar surface area (TPSA) is 86.8 Å². The monoisotopic (exact) mass is 591 g/mol. The number of hydrogen-bond acceptors (Lipinski definition) is 4. The molecule has 3 rings (SSSR count). The summed E-state index contributed by atoms with van der Waals surface area (Å²) in [5.74, 6) is -0.383. The molecule has 0 aromatic heterocycles. The fourth-order valence-electron chi connectivity index (χ4n) is 4.98. The van der Waals surface area contributed by atoms with E-state index in [2.05, 4.69) is 5.32 Å². The molecule has 2 atom stereocenters. The van der Waals surface area contributed by atoms with Crippen molar-refractivity contribution in [3.63, 3.8) is 0 Å². The Bertz CT molecular complexity index is 1420. The molecule has 0 fully saturated rings. The number of amides is 2. The minimum atomic E-state index is -3.56. The Hall–Kier alpha value is -3.65. The first-order valence-corrected chi connectivity index (χ1v) is 16.5. The molecule has 0 bridgehead atoms. The number of nitrogens with zero attached hydrogens (tertiary/aromatic N) is 2. The van der Waals surface area contributed by atoms with E-state index < -0.39 is 16.1 Å². The van der Waals surface area contributed by atoms with Crippen molar-refractivity contribution < 1.29 is 18.0 Å². The normalized spacial score (nSPS) is 12.8. The second-order valence-corrected chi connectivity index (χ2v) is 13.2. The summed E-state index contributed by atoms with van der Waals surface area (Å²) in [7, 11) is -3.56. The third-order valence-corrected chi connectivity index (χ3v) is 8.59. The first-order valence-electron chi connectivity index (χ1n) is 14.6. The molecule has 0 spiro atoms. The summed E-state index contributed by atoms with van der Waals surface area (Å²) < 4.78 is 26.8. The van der Waals surface area contributed by atoms with E-state index in [1.807, 2.05) is 107 Å². The van der Waals surface area contributed by atoms with Gasteiger partial charge in [0.25, 0.3) is 0 Å². The summed E-state index contributed by atoms with van der Waals surface area (Å²) in [4.78, 5) is 29.3. The quantitative estimate of drug-likeness (QED) is 0.260. The Morgan fingerprint density at radius 1 is 0.857 bits per heavy atom. The highest BCUT2D eigenvalue weighted by atomic mass is 32.2. The first kappa shape index (κ1) is 32.9. The van der Waals surface area contributed by atoms with Crippen molar-refractivity contribution in [2.45, 2.75) is 78.9 Å². The summed E-state index contributed by atoms with van der Waals surface area (Å²) in [5.41, 5.74) is 5.52. The van der Waals surface area contributed by atoms with Crippen LogP contribution in [0.15, 0.2) is 72.8 Å². The molecular formula is C34H45N3O4S. The Morgan fingerprint density at radius 2 is 1.48 bits per heavy atom. The Labute approximate surface area is 252 Å². The van der Waals surface area contributed by atoms with Crippen LogP contribution in [0.1, 0.15) is 60.9 Å². The number of carbonyl (C=O) groups is 2. The van der Waals surface area contributed by atoms with E-state index in [1.54, 1.807) is 4.90 Å². The van der Waals surface area contributed by atoms with Crippen molar-refractivity contribution in [2.75, 3.05) is 17.1 Å². The highest BCUT2D eigenvalue weighted by molar-refractivity contribution is 7.92. The molecular weight excluding hydrogens is 546 g/mol. The Kier molecular flexibility index (Phi) is 11.7. The highest BCUT2D eigenvalue weighted by Crippen LogP contribution is 2.23. The van der Waals surface area contributed by atoms with Gasteiger partial charge in [-0.3, -0.25) is 13.9 Å². The van der Waals surface area contributed by atoms with Crippen LogP contribution >= 0.6 is 0 Å². The molecule has 0 aliphatic heterocycles. The van der Waals surface area contributed by atoms with E-state index in [1.165, 1.54) is 10.6 Å². The molecule has 7 nitrogen and oxygen atoms in total. The van der Waals surface area contributed by atoms with Crippen molar-refractivity contribution in [1.82, 2.24) is 10.2 Å². The van der Waals surface area contributed by atoms with Gasteiger partial charge in [0.2, 0.25) is 21.8 Å². The van der Waals surface area contributed by atoms with E-state index >= 15 is 0 Å². The molecule has 0 unspecified atom stereocenters. The molecule has 0 saturated carbocycles. The summed E-state index contributed by atoms with van der Waals surface area (Å²) in [6.07, 6.45) is 2.75. The zero-order chi connectivity index (χ0) is 30.9. The molecule has 42 heavy (non-hydrogen) atoms. The van der Waals surface area contributed by atoms with Gasteiger partial charge in [0, 0.05) is 32.0 Å². The highest BCUT2D eigenvalue weighted by Gasteiger charge is 2.31. The van der Waals surface area contributed by atoms with Crippen LogP contribution in [0.3, 0.4) is 0 Å². The molecule has 0 saturated heterocycles. The molecule has 2 amide bonds. The van der Waals surface area contributed by atoms with E-state index in [-0.39, 0.29) is 37.4 Å². The molecule has 226 valence electrons. The lowest BCUT2D eigenvalue weighted by Crippen LogP contribution is -2.52. The Balaban J connectivity index is 1.90. The van der Waals surface area contributed by atoms with Crippen molar-refractivity contribution in [2.24, 2.45) is 0 Å². The average Bonchev–Trinajstić information content (AvgIpc) is 2.93. The van der Waals surface area contributed by atoms with Gasteiger partial charge >= 0.3 is 0 Å². The van der Waals surface area contributed by atoms with Gasteiger partial charge in [0.1, 0.15) is 6.04 Å². The van der Waals surface area contributed by atoms with Crippen molar-refractivity contribution in [3.05, 3.63) is 101 Å². The van der Waals surface area contributed by atoms with Gasteiger partial charge in [-0.05, 0) is 74.9 Å². The number of rotatable bonds is 14. The molecule has 1 N–H and O–H groups in total. The van der Waals surface area contributed by atoms with E-state index in [0.717, 1.165) is 34.2 Å². The third kappa shape index (κ3) is 9.72. The van der Waals surface area contributed by atoms with Gasteiger partial charge < -0.3 is 10.2 Å². The van der Waals surface area contributed by atoms with Crippen LogP contribution in [-0.2, 0) is 32.6 Å². The predicted molar refractivity (Wildman–Crippen MR) is 171 cm³/mol. The molecule has 0 aliphatic carbocycles.